The lowest BCUT2D eigenvalue weighted by Gasteiger charge is -2.26. The van der Waals surface area contributed by atoms with Gasteiger partial charge in [0.25, 0.3) is 0 Å². The predicted molar refractivity (Wildman–Crippen MR) is 72.9 cm³/mol. The number of nitrogens with two attached hydrogens (primary N) is 1. The highest BCUT2D eigenvalue weighted by Crippen LogP contribution is 2.12. The van der Waals surface area contributed by atoms with Crippen LogP contribution in [0.3, 0.4) is 0 Å². The molecule has 1 aliphatic heterocycles. The molecule has 1 aliphatic rings. The first-order valence-electron chi connectivity index (χ1n) is 7.44. The normalized spacial score (nSPS) is 15.9. The van der Waals surface area contributed by atoms with E-state index in [-0.39, 0.29) is 0 Å². The summed E-state index contributed by atoms with van der Waals surface area (Å²) in [5.74, 6) is 5.32. The fourth-order valence-electron chi connectivity index (χ4n) is 2.47. The molecule has 4 nitrogen and oxygen atoms in total. The van der Waals surface area contributed by atoms with E-state index in [2.05, 4.69) is 4.84 Å². The van der Waals surface area contributed by atoms with Gasteiger partial charge in [-0.3, -0.25) is 4.79 Å². The summed E-state index contributed by atoms with van der Waals surface area (Å²) in [4.78, 5) is 18.4. The summed E-state index contributed by atoms with van der Waals surface area (Å²) in [5, 5.41) is 0. The topological polar surface area (TPSA) is 55.6 Å². The van der Waals surface area contributed by atoms with Crippen molar-refractivity contribution in [2.24, 2.45) is 5.90 Å². The van der Waals surface area contributed by atoms with Crippen molar-refractivity contribution in [2.75, 3.05) is 19.7 Å². The Bertz CT molecular complexity index is 216. The third-order valence-corrected chi connectivity index (χ3v) is 3.61. The first kappa shape index (κ1) is 15.4. The maximum absolute atomic E-state index is 11.9. The van der Waals surface area contributed by atoms with Crippen molar-refractivity contribution < 1.29 is 9.63 Å². The molecule has 0 bridgehead atoms. The molecule has 106 valence electrons. The average molecular weight is 256 g/mol. The Morgan fingerprint density at radius 3 is 2.22 bits per heavy atom. The minimum atomic E-state index is 0.367. The van der Waals surface area contributed by atoms with Crippen molar-refractivity contribution in [3.8, 4) is 0 Å². The summed E-state index contributed by atoms with van der Waals surface area (Å²) >= 11 is 0. The molecule has 0 aliphatic carbocycles. The highest BCUT2D eigenvalue weighted by molar-refractivity contribution is 5.76. The van der Waals surface area contributed by atoms with Crippen molar-refractivity contribution in [2.45, 2.75) is 64.2 Å². The van der Waals surface area contributed by atoms with Crippen LogP contribution in [0.1, 0.15) is 64.2 Å². The number of likely N-dealkylation sites (tertiary alicyclic amines) is 1. The zero-order valence-corrected chi connectivity index (χ0v) is 11.5. The minimum Gasteiger partial charge on any atom is -0.343 e. The number of carbonyl (C=O) groups is 1. The molecule has 4 heteroatoms. The van der Waals surface area contributed by atoms with Crippen LogP contribution in [0, 0.1) is 0 Å². The zero-order chi connectivity index (χ0) is 13.1. The lowest BCUT2D eigenvalue weighted by molar-refractivity contribution is -0.132. The summed E-state index contributed by atoms with van der Waals surface area (Å²) in [7, 11) is 0. The summed E-state index contributed by atoms with van der Waals surface area (Å²) in [6.45, 7) is 2.63. The van der Waals surface area contributed by atoms with E-state index in [1.807, 2.05) is 4.90 Å². The smallest absolute Gasteiger partial charge is 0.222 e. The second-order valence-corrected chi connectivity index (χ2v) is 5.18. The van der Waals surface area contributed by atoms with E-state index in [1.54, 1.807) is 0 Å². The molecule has 0 aromatic carbocycles. The number of hydrogen-bond acceptors (Lipinski definition) is 3. The molecule has 0 radical (unpaired) electrons. The van der Waals surface area contributed by atoms with E-state index in [4.69, 9.17) is 5.90 Å². The monoisotopic (exact) mass is 256 g/mol. The van der Waals surface area contributed by atoms with Gasteiger partial charge >= 0.3 is 0 Å². The van der Waals surface area contributed by atoms with Crippen LogP contribution in [-0.4, -0.2) is 30.5 Å². The third kappa shape index (κ3) is 6.97. The predicted octanol–water partition coefficient (Wildman–Crippen LogP) is 2.62. The quantitative estimate of drug-likeness (QED) is 0.509. The molecule has 18 heavy (non-hydrogen) atoms. The van der Waals surface area contributed by atoms with Crippen molar-refractivity contribution in [1.82, 2.24) is 4.90 Å². The Morgan fingerprint density at radius 2 is 1.56 bits per heavy atom. The van der Waals surface area contributed by atoms with E-state index in [1.165, 1.54) is 44.9 Å². The van der Waals surface area contributed by atoms with E-state index in [9.17, 15) is 4.79 Å². The Kier molecular flexibility index (Phi) is 8.86. The molecule has 1 saturated heterocycles. The highest BCUT2D eigenvalue weighted by Gasteiger charge is 2.15. The van der Waals surface area contributed by atoms with Crippen LogP contribution < -0.4 is 5.90 Å². The first-order chi connectivity index (χ1) is 8.84. The molecule has 0 atom stereocenters. The van der Waals surface area contributed by atoms with E-state index < -0.39 is 0 Å². The Morgan fingerprint density at radius 1 is 0.944 bits per heavy atom. The largest absolute Gasteiger partial charge is 0.343 e. The third-order valence-electron chi connectivity index (χ3n) is 3.61. The van der Waals surface area contributed by atoms with Crippen LogP contribution in [0.4, 0.5) is 0 Å². The van der Waals surface area contributed by atoms with Gasteiger partial charge in [0.05, 0.1) is 6.61 Å². The van der Waals surface area contributed by atoms with Gasteiger partial charge in [0.15, 0.2) is 0 Å². The van der Waals surface area contributed by atoms with Gasteiger partial charge in [-0.25, -0.2) is 5.90 Å². The molecule has 2 N–H and O–H groups in total. The molecule has 1 amide bonds. The molecular formula is C14H28N2O2. The van der Waals surface area contributed by atoms with Crippen molar-refractivity contribution in [1.29, 1.82) is 0 Å². The summed E-state index contributed by atoms with van der Waals surface area (Å²) in [6.07, 6.45) is 11.3. The molecule has 1 heterocycles. The SMILES string of the molecule is NOCCCCCCCCC(=O)N1CCCCC1. The van der Waals surface area contributed by atoms with Crippen LogP contribution in [0.2, 0.25) is 0 Å². The van der Waals surface area contributed by atoms with Crippen LogP contribution in [-0.2, 0) is 9.63 Å². The fourth-order valence-corrected chi connectivity index (χ4v) is 2.47. The van der Waals surface area contributed by atoms with Gasteiger partial charge in [-0.2, -0.15) is 0 Å². The van der Waals surface area contributed by atoms with E-state index in [0.29, 0.717) is 12.5 Å². The number of amides is 1. The molecule has 0 aromatic rings. The van der Waals surface area contributed by atoms with Crippen LogP contribution in [0.15, 0.2) is 0 Å². The van der Waals surface area contributed by atoms with Crippen LogP contribution >= 0.6 is 0 Å². The summed E-state index contributed by atoms with van der Waals surface area (Å²) in [6, 6.07) is 0. The van der Waals surface area contributed by atoms with Crippen molar-refractivity contribution in [3.63, 3.8) is 0 Å². The Balaban J connectivity index is 1.89. The molecule has 0 spiro atoms. The van der Waals surface area contributed by atoms with Gasteiger partial charge < -0.3 is 9.74 Å². The average Bonchev–Trinajstić information content (AvgIpc) is 2.42. The van der Waals surface area contributed by atoms with Crippen LogP contribution in [0.25, 0.3) is 0 Å². The van der Waals surface area contributed by atoms with E-state index in [0.717, 1.165) is 32.4 Å². The standard InChI is InChI=1S/C14H28N2O2/c15-18-13-9-4-2-1-3-6-10-14(17)16-11-7-5-8-12-16/h1-13,15H2. The maximum Gasteiger partial charge on any atom is 0.222 e. The number of nitrogens with zero attached hydrogens (tertiary/aromatic N) is 1. The number of piperidine rings is 1. The van der Waals surface area contributed by atoms with Gasteiger partial charge in [0.2, 0.25) is 5.91 Å². The molecular weight excluding hydrogens is 228 g/mol. The second-order valence-electron chi connectivity index (χ2n) is 5.18. The zero-order valence-electron chi connectivity index (χ0n) is 11.5. The van der Waals surface area contributed by atoms with Crippen LogP contribution in [0.5, 0.6) is 0 Å². The number of unbranched alkanes of at least 4 members (excludes halogenated alkanes) is 5. The Hall–Kier alpha value is -0.610. The highest BCUT2D eigenvalue weighted by atomic mass is 16.6. The molecule has 0 aromatic heterocycles. The minimum absolute atomic E-state index is 0.367. The number of rotatable bonds is 9. The van der Waals surface area contributed by atoms with Crippen molar-refractivity contribution >= 4 is 5.91 Å². The Labute approximate surface area is 111 Å². The first-order valence-corrected chi connectivity index (χ1v) is 7.44. The van der Waals surface area contributed by atoms with Gasteiger partial charge in [0, 0.05) is 19.5 Å². The summed E-state index contributed by atoms with van der Waals surface area (Å²) in [5.41, 5.74) is 0. The van der Waals surface area contributed by atoms with Gasteiger partial charge in [-0.15, -0.1) is 0 Å². The van der Waals surface area contributed by atoms with Crippen molar-refractivity contribution in [3.05, 3.63) is 0 Å². The molecule has 1 fully saturated rings. The van der Waals surface area contributed by atoms with Gasteiger partial charge in [-0.05, 0) is 32.1 Å². The van der Waals surface area contributed by atoms with Gasteiger partial charge in [-0.1, -0.05) is 25.7 Å². The van der Waals surface area contributed by atoms with E-state index >= 15 is 0 Å². The lowest BCUT2D eigenvalue weighted by atomic mass is 10.1. The van der Waals surface area contributed by atoms with Gasteiger partial charge in [0.1, 0.15) is 0 Å². The fraction of sp³-hybridized carbons (Fsp3) is 0.929. The lowest BCUT2D eigenvalue weighted by Crippen LogP contribution is -2.35. The maximum atomic E-state index is 11.9. The molecule has 1 rings (SSSR count). The number of hydrogen-bond donors (Lipinski definition) is 1. The number of carbonyl (C=O) groups excluding carboxylic acids is 1. The second kappa shape index (κ2) is 10.3. The molecule has 0 unspecified atom stereocenters. The summed E-state index contributed by atoms with van der Waals surface area (Å²) < 4.78 is 0. The molecule has 0 saturated carbocycles.